The van der Waals surface area contributed by atoms with Gasteiger partial charge in [0, 0.05) is 30.4 Å². The maximum atomic E-state index is 11.4. The fourth-order valence-electron chi connectivity index (χ4n) is 2.88. The first-order valence-electron chi connectivity index (χ1n) is 7.65. The second-order valence-corrected chi connectivity index (χ2v) is 5.32. The Bertz CT molecular complexity index is 796. The molecule has 0 saturated carbocycles. The van der Waals surface area contributed by atoms with E-state index in [2.05, 4.69) is 20.3 Å². The van der Waals surface area contributed by atoms with Gasteiger partial charge in [0.25, 0.3) is 5.70 Å². The summed E-state index contributed by atoms with van der Waals surface area (Å²) in [6, 6.07) is 4.32. The molecule has 126 valence electrons. The average molecular weight is 330 g/mol. The van der Waals surface area contributed by atoms with Crippen LogP contribution in [-0.4, -0.2) is 37.9 Å². The van der Waals surface area contributed by atoms with Crippen molar-refractivity contribution < 1.29 is 10.0 Å². The Labute approximate surface area is 138 Å². The summed E-state index contributed by atoms with van der Waals surface area (Å²) in [6.45, 7) is 5.65. The van der Waals surface area contributed by atoms with Gasteiger partial charge < -0.3 is 15.3 Å². The van der Waals surface area contributed by atoms with Crippen LogP contribution in [0.15, 0.2) is 36.4 Å². The molecule has 0 amide bonds. The molecule has 1 aliphatic heterocycles. The predicted molar refractivity (Wildman–Crippen MR) is 88.5 cm³/mol. The van der Waals surface area contributed by atoms with Gasteiger partial charge in [0.15, 0.2) is 6.04 Å². The number of hydrogen-bond acceptors (Lipinski definition) is 7. The number of nitrogens with zero attached hydrogens (tertiary/aromatic N) is 5. The van der Waals surface area contributed by atoms with Crippen LogP contribution in [0.2, 0.25) is 0 Å². The van der Waals surface area contributed by atoms with Crippen LogP contribution in [0.3, 0.4) is 0 Å². The van der Waals surface area contributed by atoms with E-state index in [0.717, 1.165) is 18.8 Å². The summed E-state index contributed by atoms with van der Waals surface area (Å²) in [6.07, 6.45) is 2.60. The van der Waals surface area contributed by atoms with Crippen LogP contribution in [0, 0.1) is 10.1 Å². The number of aromatic hydroxyl groups is 1. The zero-order valence-corrected chi connectivity index (χ0v) is 13.4. The van der Waals surface area contributed by atoms with Crippen molar-refractivity contribution in [1.82, 2.24) is 14.8 Å². The van der Waals surface area contributed by atoms with Crippen molar-refractivity contribution in [2.45, 2.75) is 19.9 Å². The summed E-state index contributed by atoms with van der Waals surface area (Å²) in [5.41, 5.74) is 1.15. The molecule has 0 spiro atoms. The highest BCUT2D eigenvalue weighted by atomic mass is 16.6. The molecule has 0 bridgehead atoms. The highest BCUT2D eigenvalue weighted by Gasteiger charge is 2.36. The number of anilines is 2. The van der Waals surface area contributed by atoms with E-state index < -0.39 is 11.0 Å². The fourth-order valence-corrected chi connectivity index (χ4v) is 2.88. The zero-order valence-electron chi connectivity index (χ0n) is 13.4. The molecule has 2 heterocycles. The predicted octanol–water partition coefficient (Wildman–Crippen LogP) is 1.96. The Kier molecular flexibility index (Phi) is 4.07. The van der Waals surface area contributed by atoms with E-state index in [1.807, 2.05) is 19.9 Å². The van der Waals surface area contributed by atoms with Gasteiger partial charge in [-0.3, -0.25) is 10.1 Å². The van der Waals surface area contributed by atoms with E-state index in [9.17, 15) is 15.2 Å². The van der Waals surface area contributed by atoms with E-state index >= 15 is 0 Å². The average Bonchev–Trinajstić information content (AvgIpc) is 3.04. The van der Waals surface area contributed by atoms with E-state index in [1.165, 1.54) is 17.2 Å². The molecule has 0 fully saturated rings. The number of nitrogens with one attached hydrogen (secondary N) is 1. The molecule has 1 aromatic heterocycles. The molecule has 1 unspecified atom stereocenters. The second-order valence-electron chi connectivity index (χ2n) is 5.32. The lowest BCUT2D eigenvalue weighted by Crippen LogP contribution is -2.26. The maximum absolute atomic E-state index is 11.4. The van der Waals surface area contributed by atoms with Crippen molar-refractivity contribution in [2.24, 2.45) is 0 Å². The summed E-state index contributed by atoms with van der Waals surface area (Å²) in [7, 11) is 0. The van der Waals surface area contributed by atoms with E-state index in [4.69, 9.17) is 0 Å². The van der Waals surface area contributed by atoms with Crippen LogP contribution < -0.4 is 10.2 Å². The Hall–Kier alpha value is -3.10. The number of phenols is 1. The second kappa shape index (κ2) is 6.19. The molecular weight excluding hydrogens is 312 g/mol. The van der Waals surface area contributed by atoms with Gasteiger partial charge in [-0.05, 0) is 19.9 Å². The topological polar surface area (TPSA) is 109 Å². The van der Waals surface area contributed by atoms with Gasteiger partial charge in [-0.15, -0.1) is 0 Å². The van der Waals surface area contributed by atoms with Crippen molar-refractivity contribution in [1.29, 1.82) is 0 Å². The first-order chi connectivity index (χ1) is 11.6. The number of benzene rings is 1. The molecule has 1 atom stereocenters. The first-order valence-corrected chi connectivity index (χ1v) is 7.65. The first kappa shape index (κ1) is 15.8. The van der Waals surface area contributed by atoms with Crippen LogP contribution in [0.1, 0.15) is 25.5 Å². The SMILES string of the molecule is CCN(CC)c1ccc(C2C([N+](=O)[O-])=CNc3ncnn32)c(O)c1. The number of nitro groups is 1. The van der Waals surface area contributed by atoms with Crippen molar-refractivity contribution in [3.63, 3.8) is 0 Å². The molecule has 0 aliphatic carbocycles. The van der Waals surface area contributed by atoms with Crippen LogP contribution in [0.4, 0.5) is 11.6 Å². The fraction of sp³-hybridized carbons (Fsp3) is 0.333. The van der Waals surface area contributed by atoms with Crippen molar-refractivity contribution in [3.8, 4) is 5.75 Å². The molecule has 2 aromatic rings. The molecule has 24 heavy (non-hydrogen) atoms. The Morgan fingerprint density at radius 2 is 2.17 bits per heavy atom. The molecule has 1 aliphatic rings. The third kappa shape index (κ3) is 2.53. The van der Waals surface area contributed by atoms with Gasteiger partial charge in [-0.1, -0.05) is 6.07 Å². The molecule has 0 radical (unpaired) electrons. The normalized spacial score (nSPS) is 16.1. The Morgan fingerprint density at radius 1 is 1.42 bits per heavy atom. The molecule has 9 heteroatoms. The van der Waals surface area contributed by atoms with E-state index in [1.54, 1.807) is 12.1 Å². The van der Waals surface area contributed by atoms with Crippen molar-refractivity contribution in [2.75, 3.05) is 23.3 Å². The smallest absolute Gasteiger partial charge is 0.291 e. The van der Waals surface area contributed by atoms with Gasteiger partial charge in [0.05, 0.1) is 11.1 Å². The number of fused-ring (bicyclic) bond motifs is 1. The highest BCUT2D eigenvalue weighted by molar-refractivity contribution is 5.56. The van der Waals surface area contributed by atoms with E-state index in [-0.39, 0.29) is 11.4 Å². The molecule has 1 aromatic carbocycles. The molecular formula is C15H18N6O3. The molecule has 2 N–H and O–H groups in total. The number of allylic oxidation sites excluding steroid dienone is 1. The largest absolute Gasteiger partial charge is 0.507 e. The number of hydrogen-bond donors (Lipinski definition) is 2. The lowest BCUT2D eigenvalue weighted by Gasteiger charge is -2.24. The lowest BCUT2D eigenvalue weighted by atomic mass is 10.0. The summed E-state index contributed by atoms with van der Waals surface area (Å²) < 4.78 is 1.39. The Morgan fingerprint density at radius 3 is 2.79 bits per heavy atom. The zero-order chi connectivity index (χ0) is 17.3. The third-order valence-corrected chi connectivity index (χ3v) is 4.09. The lowest BCUT2D eigenvalue weighted by molar-refractivity contribution is -0.431. The summed E-state index contributed by atoms with van der Waals surface area (Å²) >= 11 is 0. The van der Waals surface area contributed by atoms with Crippen LogP contribution in [0.5, 0.6) is 5.75 Å². The monoisotopic (exact) mass is 330 g/mol. The Balaban J connectivity index is 2.07. The van der Waals surface area contributed by atoms with Crippen molar-refractivity contribution >= 4 is 11.6 Å². The minimum atomic E-state index is -0.843. The standard InChI is InChI=1S/C15H18N6O3/c1-3-19(4-2)10-5-6-11(13(22)7-10)14-12(21(23)24)8-16-15-17-9-18-20(14)15/h5-9,14,22H,3-4H2,1-2H3,(H,16,17,18). The van der Waals surface area contributed by atoms with E-state index in [0.29, 0.717) is 11.5 Å². The summed E-state index contributed by atoms with van der Waals surface area (Å²) in [4.78, 5) is 17.0. The van der Waals surface area contributed by atoms with Crippen LogP contribution in [-0.2, 0) is 0 Å². The minimum Gasteiger partial charge on any atom is -0.507 e. The summed E-state index contributed by atoms with van der Waals surface area (Å²) in [5, 5.41) is 28.7. The van der Waals surface area contributed by atoms with Gasteiger partial charge in [0.2, 0.25) is 5.95 Å². The number of rotatable bonds is 5. The van der Waals surface area contributed by atoms with Gasteiger partial charge in [-0.2, -0.15) is 10.1 Å². The summed E-state index contributed by atoms with van der Waals surface area (Å²) in [5.74, 6) is 0.373. The minimum absolute atomic E-state index is 0.0134. The molecule has 3 rings (SSSR count). The highest BCUT2D eigenvalue weighted by Crippen LogP contribution is 2.37. The quantitative estimate of drug-likeness (QED) is 0.637. The molecule has 0 saturated heterocycles. The third-order valence-electron chi connectivity index (χ3n) is 4.09. The maximum Gasteiger partial charge on any atom is 0.291 e. The van der Waals surface area contributed by atoms with Gasteiger partial charge in [-0.25, -0.2) is 4.68 Å². The van der Waals surface area contributed by atoms with Gasteiger partial charge >= 0.3 is 0 Å². The van der Waals surface area contributed by atoms with Gasteiger partial charge in [0.1, 0.15) is 12.1 Å². The van der Waals surface area contributed by atoms with Crippen molar-refractivity contribution in [3.05, 3.63) is 52.1 Å². The van der Waals surface area contributed by atoms with Crippen LogP contribution >= 0.6 is 0 Å². The molecule has 9 nitrogen and oxygen atoms in total. The number of aromatic nitrogens is 3. The van der Waals surface area contributed by atoms with Crippen LogP contribution in [0.25, 0.3) is 0 Å². The number of phenolic OH excluding ortho intramolecular Hbond substituents is 1.